The minimum absolute atomic E-state index is 0.0134. The zero-order valence-electron chi connectivity index (χ0n) is 22.1. The maximum Gasteiger partial charge on any atom is 0.341 e. The third-order valence-corrected chi connectivity index (χ3v) is 10.5. The second-order valence-corrected chi connectivity index (χ2v) is 13.1. The number of amides is 1. The summed E-state index contributed by atoms with van der Waals surface area (Å²) < 4.78 is 33.1. The molecule has 0 bridgehead atoms. The molecule has 1 aliphatic heterocycles. The van der Waals surface area contributed by atoms with E-state index in [2.05, 4.69) is 24.1 Å². The van der Waals surface area contributed by atoms with Gasteiger partial charge in [-0.25, -0.2) is 13.2 Å². The van der Waals surface area contributed by atoms with Crippen LogP contribution in [-0.4, -0.2) is 61.8 Å². The van der Waals surface area contributed by atoms with Gasteiger partial charge in [0, 0.05) is 42.7 Å². The van der Waals surface area contributed by atoms with Crippen LogP contribution in [0.1, 0.15) is 84.0 Å². The summed E-state index contributed by atoms with van der Waals surface area (Å²) in [5, 5.41) is 3.38. The second kappa shape index (κ2) is 11.6. The number of rotatable bonds is 8. The summed E-state index contributed by atoms with van der Waals surface area (Å²) in [5.74, 6) is -0.824. The van der Waals surface area contributed by atoms with Crippen LogP contribution in [0, 0.1) is 0 Å². The number of hydrogen-bond donors (Lipinski definition) is 1. The zero-order chi connectivity index (χ0) is 26.7. The lowest BCUT2D eigenvalue weighted by molar-refractivity contribution is 0.0526. The molecular weight excluding hydrogens is 510 g/mol. The van der Waals surface area contributed by atoms with Gasteiger partial charge in [0.2, 0.25) is 10.0 Å². The van der Waals surface area contributed by atoms with E-state index in [1.165, 1.54) is 39.9 Å². The molecule has 202 valence electrons. The van der Waals surface area contributed by atoms with Crippen LogP contribution in [0.5, 0.6) is 0 Å². The number of esters is 1. The first-order chi connectivity index (χ1) is 17.6. The van der Waals surface area contributed by atoms with E-state index in [-0.39, 0.29) is 17.5 Å². The molecule has 2 aromatic rings. The Labute approximate surface area is 224 Å². The molecule has 2 aliphatic rings. The maximum atomic E-state index is 13.1. The Kier molecular flexibility index (Phi) is 8.73. The average Bonchev–Trinajstić information content (AvgIpc) is 3.25. The van der Waals surface area contributed by atoms with Crippen LogP contribution in [0.25, 0.3) is 0 Å². The molecule has 1 saturated carbocycles. The van der Waals surface area contributed by atoms with Gasteiger partial charge in [-0.1, -0.05) is 19.3 Å². The minimum Gasteiger partial charge on any atom is -0.462 e. The first-order valence-corrected chi connectivity index (χ1v) is 15.3. The lowest BCUT2D eigenvalue weighted by atomic mass is 9.96. The quantitative estimate of drug-likeness (QED) is 0.473. The van der Waals surface area contributed by atoms with Crippen LogP contribution >= 0.6 is 11.3 Å². The minimum atomic E-state index is -3.64. The van der Waals surface area contributed by atoms with Gasteiger partial charge >= 0.3 is 5.97 Å². The topological polar surface area (TPSA) is 96.0 Å². The van der Waals surface area contributed by atoms with Crippen LogP contribution in [0.2, 0.25) is 0 Å². The fourth-order valence-corrected chi connectivity index (χ4v) is 7.80. The van der Waals surface area contributed by atoms with Crippen molar-refractivity contribution in [3.63, 3.8) is 0 Å². The summed E-state index contributed by atoms with van der Waals surface area (Å²) in [6.45, 7) is 7.86. The molecule has 8 nitrogen and oxygen atoms in total. The van der Waals surface area contributed by atoms with Gasteiger partial charge in [0.25, 0.3) is 5.91 Å². The number of fused-ring (bicyclic) bond motifs is 1. The number of anilines is 1. The van der Waals surface area contributed by atoms with Gasteiger partial charge in [-0.15, -0.1) is 11.3 Å². The van der Waals surface area contributed by atoms with Crippen molar-refractivity contribution >= 4 is 38.2 Å². The molecule has 4 rings (SSSR count). The number of sulfonamides is 1. The highest BCUT2D eigenvalue weighted by Crippen LogP contribution is 2.38. The monoisotopic (exact) mass is 547 g/mol. The third kappa shape index (κ3) is 5.92. The number of hydrogen-bond acceptors (Lipinski definition) is 7. The highest BCUT2D eigenvalue weighted by molar-refractivity contribution is 7.89. The normalized spacial score (nSPS) is 17.1. The molecule has 1 aromatic heterocycles. The van der Waals surface area contributed by atoms with Crippen molar-refractivity contribution in [2.45, 2.75) is 82.8 Å². The summed E-state index contributed by atoms with van der Waals surface area (Å²) in [4.78, 5) is 29.5. The molecule has 0 unspecified atom stereocenters. The standard InChI is InChI=1S/C27H37N3O5S2/c1-5-35-27(32)24-22-15-16-30(18(2)3)17-23(22)36-26(24)28-25(31)19-11-13-21(14-12-19)37(33,34)29(4)20-9-7-6-8-10-20/h11-14,18,20H,5-10,15-17H2,1-4H3,(H,28,31). The van der Waals surface area contributed by atoms with Crippen molar-refractivity contribution in [2.75, 3.05) is 25.5 Å². The molecular formula is C27H37N3O5S2. The Morgan fingerprint density at radius 3 is 2.46 bits per heavy atom. The second-order valence-electron chi connectivity index (χ2n) is 10.0. The predicted molar refractivity (Wildman–Crippen MR) is 146 cm³/mol. The number of nitrogens with one attached hydrogen (secondary N) is 1. The molecule has 0 radical (unpaired) electrons. The molecule has 0 spiro atoms. The zero-order valence-corrected chi connectivity index (χ0v) is 23.7. The maximum absolute atomic E-state index is 13.1. The van der Waals surface area contributed by atoms with E-state index in [0.29, 0.717) is 22.2 Å². The van der Waals surface area contributed by atoms with Crippen LogP contribution in [0.15, 0.2) is 29.2 Å². The molecule has 0 saturated heterocycles. The molecule has 1 N–H and O–H groups in total. The Hall–Kier alpha value is -2.27. The van der Waals surface area contributed by atoms with Gasteiger partial charge in [0.1, 0.15) is 5.00 Å². The largest absolute Gasteiger partial charge is 0.462 e. The molecule has 1 aromatic carbocycles. The Morgan fingerprint density at radius 2 is 1.84 bits per heavy atom. The van der Waals surface area contributed by atoms with E-state index in [4.69, 9.17) is 4.74 Å². The van der Waals surface area contributed by atoms with Gasteiger partial charge in [-0.2, -0.15) is 4.31 Å². The smallest absolute Gasteiger partial charge is 0.341 e. The first kappa shape index (κ1) is 27.8. The van der Waals surface area contributed by atoms with Gasteiger partial charge in [0.05, 0.1) is 17.1 Å². The summed E-state index contributed by atoms with van der Waals surface area (Å²) in [6.07, 6.45) is 5.69. The van der Waals surface area contributed by atoms with Crippen molar-refractivity contribution in [1.82, 2.24) is 9.21 Å². The predicted octanol–water partition coefficient (Wildman–Crippen LogP) is 4.90. The Bertz CT molecular complexity index is 1230. The van der Waals surface area contributed by atoms with E-state index in [0.717, 1.165) is 62.1 Å². The molecule has 2 heterocycles. The van der Waals surface area contributed by atoms with Crippen molar-refractivity contribution in [2.24, 2.45) is 0 Å². The van der Waals surface area contributed by atoms with Crippen molar-refractivity contribution < 1.29 is 22.7 Å². The number of thiophene rings is 1. The lowest BCUT2D eigenvalue weighted by Gasteiger charge is -2.30. The lowest BCUT2D eigenvalue weighted by Crippen LogP contribution is -2.38. The van der Waals surface area contributed by atoms with Gasteiger partial charge in [0.15, 0.2) is 0 Å². The van der Waals surface area contributed by atoms with Crippen molar-refractivity contribution in [3.8, 4) is 0 Å². The summed E-state index contributed by atoms with van der Waals surface area (Å²) >= 11 is 1.41. The van der Waals surface area contributed by atoms with E-state index >= 15 is 0 Å². The van der Waals surface area contributed by atoms with Gasteiger partial charge < -0.3 is 10.1 Å². The highest BCUT2D eigenvalue weighted by Gasteiger charge is 2.31. The van der Waals surface area contributed by atoms with Crippen LogP contribution < -0.4 is 5.32 Å². The van der Waals surface area contributed by atoms with E-state index in [1.54, 1.807) is 14.0 Å². The average molecular weight is 548 g/mol. The fourth-order valence-electron chi connectivity index (χ4n) is 5.13. The van der Waals surface area contributed by atoms with Crippen molar-refractivity contribution in [3.05, 3.63) is 45.8 Å². The fraction of sp³-hybridized carbons (Fsp3) is 0.556. The molecule has 0 atom stereocenters. The third-order valence-electron chi connectivity index (χ3n) is 7.41. The number of carbonyl (C=O) groups excluding carboxylic acids is 2. The molecule has 10 heteroatoms. The molecule has 1 aliphatic carbocycles. The van der Waals surface area contributed by atoms with Gasteiger partial charge in [-0.3, -0.25) is 9.69 Å². The number of nitrogens with zero attached hydrogens (tertiary/aromatic N) is 2. The number of ether oxygens (including phenoxy) is 1. The van der Waals surface area contributed by atoms with Crippen molar-refractivity contribution in [1.29, 1.82) is 0 Å². The summed E-state index contributed by atoms with van der Waals surface area (Å²) in [6, 6.07) is 6.40. The summed E-state index contributed by atoms with van der Waals surface area (Å²) in [5.41, 5.74) is 1.71. The van der Waals surface area contributed by atoms with Gasteiger partial charge in [-0.05, 0) is 69.9 Å². The molecule has 37 heavy (non-hydrogen) atoms. The van der Waals surface area contributed by atoms with E-state index in [1.807, 2.05) is 0 Å². The SMILES string of the molecule is CCOC(=O)c1c(NC(=O)c2ccc(S(=O)(=O)N(C)C3CCCCC3)cc2)sc2c1CCN(C(C)C)C2. The molecule has 1 amide bonds. The van der Waals surface area contributed by atoms with Crippen LogP contribution in [-0.2, 0) is 27.7 Å². The Morgan fingerprint density at radius 1 is 1.16 bits per heavy atom. The van der Waals surface area contributed by atoms with E-state index < -0.39 is 21.9 Å². The van der Waals surface area contributed by atoms with E-state index in [9.17, 15) is 18.0 Å². The van der Waals surface area contributed by atoms with Crippen LogP contribution in [0.4, 0.5) is 5.00 Å². The first-order valence-electron chi connectivity index (χ1n) is 13.1. The Balaban J connectivity index is 1.54. The number of carbonyl (C=O) groups is 2. The van der Waals surface area contributed by atoms with Crippen LogP contribution in [0.3, 0.4) is 0 Å². The number of benzene rings is 1. The highest BCUT2D eigenvalue weighted by atomic mass is 32.2. The molecule has 1 fully saturated rings. The summed E-state index contributed by atoms with van der Waals surface area (Å²) in [7, 11) is -2.00.